The van der Waals surface area contributed by atoms with Crippen molar-refractivity contribution in [1.29, 1.82) is 0 Å². The van der Waals surface area contributed by atoms with Gasteiger partial charge in [0.15, 0.2) is 0 Å². The van der Waals surface area contributed by atoms with Gasteiger partial charge in [-0.2, -0.15) is 4.31 Å². The minimum atomic E-state index is -3.36. The van der Waals surface area contributed by atoms with Crippen molar-refractivity contribution >= 4 is 10.0 Å². The Kier molecular flexibility index (Phi) is 4.96. The number of hydrogen-bond acceptors (Lipinski definition) is 3. The van der Waals surface area contributed by atoms with Gasteiger partial charge in [-0.05, 0) is 51.1 Å². The Morgan fingerprint density at radius 2 is 1.95 bits per heavy atom. The van der Waals surface area contributed by atoms with Crippen molar-refractivity contribution in [1.82, 2.24) is 9.62 Å². The number of hydrogen-bond donors (Lipinski definition) is 1. The third-order valence-electron chi connectivity index (χ3n) is 3.52. The summed E-state index contributed by atoms with van der Waals surface area (Å²) in [6, 6.07) is 7.23. The maximum atomic E-state index is 12.5. The van der Waals surface area contributed by atoms with Crippen LogP contribution in [0.5, 0.6) is 0 Å². The first-order chi connectivity index (χ1) is 9.54. The van der Waals surface area contributed by atoms with Crippen molar-refractivity contribution < 1.29 is 8.42 Å². The lowest BCUT2D eigenvalue weighted by atomic mass is 10.1. The number of benzene rings is 1. The van der Waals surface area contributed by atoms with E-state index in [0.717, 1.165) is 30.5 Å². The van der Waals surface area contributed by atoms with E-state index in [2.05, 4.69) is 11.4 Å². The molecule has 1 heterocycles. The van der Waals surface area contributed by atoms with Crippen LogP contribution in [0.15, 0.2) is 40.8 Å². The minimum Gasteiger partial charge on any atom is -0.319 e. The van der Waals surface area contributed by atoms with Crippen LogP contribution >= 0.6 is 0 Å². The van der Waals surface area contributed by atoms with Crippen LogP contribution in [-0.4, -0.2) is 39.4 Å². The molecule has 0 unspecified atom stereocenters. The summed E-state index contributed by atoms with van der Waals surface area (Å²) in [5.74, 6) is 0. The first-order valence-electron chi connectivity index (χ1n) is 6.93. The standard InChI is InChI=1S/C15H22N2O2S/c1-13-4-3-11-17(12-13)20(18,19)15-7-5-14(6-8-15)9-10-16-2/h4-8,16H,3,9-12H2,1-2H3. The number of likely N-dealkylation sites (N-methyl/N-ethyl adjacent to an activating group) is 1. The molecule has 1 aliphatic heterocycles. The van der Waals surface area contributed by atoms with Crippen LogP contribution in [0.4, 0.5) is 0 Å². The summed E-state index contributed by atoms with van der Waals surface area (Å²) in [5, 5.41) is 3.08. The third-order valence-corrected chi connectivity index (χ3v) is 5.38. The summed E-state index contributed by atoms with van der Waals surface area (Å²) in [7, 11) is -1.45. The fourth-order valence-electron chi connectivity index (χ4n) is 2.33. The Morgan fingerprint density at radius 1 is 1.25 bits per heavy atom. The Bertz CT molecular complexity index is 576. The van der Waals surface area contributed by atoms with Gasteiger partial charge in [0.25, 0.3) is 0 Å². The molecule has 20 heavy (non-hydrogen) atoms. The molecule has 5 heteroatoms. The Hall–Kier alpha value is -1.17. The van der Waals surface area contributed by atoms with Crippen molar-refractivity contribution in [2.75, 3.05) is 26.7 Å². The fourth-order valence-corrected chi connectivity index (χ4v) is 3.83. The average Bonchev–Trinajstić information content (AvgIpc) is 2.45. The summed E-state index contributed by atoms with van der Waals surface area (Å²) < 4.78 is 26.6. The molecule has 0 aliphatic carbocycles. The second kappa shape index (κ2) is 6.52. The lowest BCUT2D eigenvalue weighted by Gasteiger charge is -2.25. The van der Waals surface area contributed by atoms with Crippen molar-refractivity contribution in [3.8, 4) is 0 Å². The fraction of sp³-hybridized carbons (Fsp3) is 0.467. The van der Waals surface area contributed by atoms with Crippen LogP contribution in [0.2, 0.25) is 0 Å². The Labute approximate surface area is 121 Å². The van der Waals surface area contributed by atoms with E-state index in [1.54, 1.807) is 16.4 Å². The van der Waals surface area contributed by atoms with Gasteiger partial charge in [-0.25, -0.2) is 8.42 Å². The maximum absolute atomic E-state index is 12.5. The first kappa shape index (κ1) is 15.2. The first-order valence-corrected chi connectivity index (χ1v) is 8.37. The number of nitrogens with one attached hydrogen (secondary N) is 1. The van der Waals surface area contributed by atoms with Gasteiger partial charge in [0.2, 0.25) is 10.0 Å². The van der Waals surface area contributed by atoms with Gasteiger partial charge in [-0.15, -0.1) is 0 Å². The molecule has 0 aromatic heterocycles. The summed E-state index contributed by atoms with van der Waals surface area (Å²) in [6.07, 6.45) is 3.81. The summed E-state index contributed by atoms with van der Waals surface area (Å²) in [4.78, 5) is 0.389. The lowest BCUT2D eigenvalue weighted by molar-refractivity contribution is 0.428. The van der Waals surface area contributed by atoms with Gasteiger partial charge in [0.1, 0.15) is 0 Å². The smallest absolute Gasteiger partial charge is 0.243 e. The minimum absolute atomic E-state index is 0.389. The highest BCUT2D eigenvalue weighted by molar-refractivity contribution is 7.89. The van der Waals surface area contributed by atoms with E-state index < -0.39 is 10.0 Å². The van der Waals surface area contributed by atoms with Crippen molar-refractivity contribution in [3.05, 3.63) is 41.5 Å². The SMILES string of the molecule is CNCCc1ccc(S(=O)(=O)N2CCC=C(C)C2)cc1. The molecule has 0 fully saturated rings. The van der Waals surface area contributed by atoms with E-state index >= 15 is 0 Å². The molecule has 0 radical (unpaired) electrons. The van der Waals surface area contributed by atoms with Crippen LogP contribution in [0.1, 0.15) is 18.9 Å². The summed E-state index contributed by atoms with van der Waals surface area (Å²) in [6.45, 7) is 3.94. The quantitative estimate of drug-likeness (QED) is 0.842. The topological polar surface area (TPSA) is 49.4 Å². The Morgan fingerprint density at radius 3 is 2.55 bits per heavy atom. The van der Waals surface area contributed by atoms with Gasteiger partial charge >= 0.3 is 0 Å². The second-order valence-electron chi connectivity index (χ2n) is 5.18. The summed E-state index contributed by atoms with van der Waals surface area (Å²) >= 11 is 0. The van der Waals surface area contributed by atoms with E-state index in [0.29, 0.717) is 18.0 Å². The third kappa shape index (κ3) is 3.48. The predicted octanol–water partition coefficient (Wildman–Crippen LogP) is 1.79. The monoisotopic (exact) mass is 294 g/mol. The van der Waals surface area contributed by atoms with Crippen molar-refractivity contribution in [2.45, 2.75) is 24.7 Å². The zero-order chi connectivity index (χ0) is 14.6. The van der Waals surface area contributed by atoms with Crippen LogP contribution in [0, 0.1) is 0 Å². The van der Waals surface area contributed by atoms with Gasteiger partial charge in [0, 0.05) is 13.1 Å². The van der Waals surface area contributed by atoms with Crippen molar-refractivity contribution in [3.63, 3.8) is 0 Å². The number of nitrogens with zero attached hydrogens (tertiary/aromatic N) is 1. The highest BCUT2D eigenvalue weighted by atomic mass is 32.2. The van der Waals surface area contributed by atoms with Crippen LogP contribution in [0.25, 0.3) is 0 Å². The molecule has 0 bridgehead atoms. The van der Waals surface area contributed by atoms with E-state index in [9.17, 15) is 8.42 Å². The van der Waals surface area contributed by atoms with Crippen LogP contribution in [-0.2, 0) is 16.4 Å². The van der Waals surface area contributed by atoms with Gasteiger partial charge in [-0.1, -0.05) is 23.8 Å². The number of sulfonamides is 1. The Balaban J connectivity index is 2.15. The van der Waals surface area contributed by atoms with Crippen LogP contribution in [0.3, 0.4) is 0 Å². The van der Waals surface area contributed by atoms with E-state index in [1.165, 1.54) is 0 Å². The largest absolute Gasteiger partial charge is 0.319 e. The zero-order valence-electron chi connectivity index (χ0n) is 12.1. The molecule has 0 saturated carbocycles. The molecular formula is C15H22N2O2S. The molecule has 4 nitrogen and oxygen atoms in total. The van der Waals surface area contributed by atoms with Gasteiger partial charge < -0.3 is 5.32 Å². The van der Waals surface area contributed by atoms with Crippen molar-refractivity contribution in [2.24, 2.45) is 0 Å². The molecule has 0 amide bonds. The lowest BCUT2D eigenvalue weighted by Crippen LogP contribution is -2.35. The molecule has 1 N–H and O–H groups in total. The molecule has 1 aromatic rings. The van der Waals surface area contributed by atoms with E-state index in [-0.39, 0.29) is 0 Å². The molecule has 0 saturated heterocycles. The van der Waals surface area contributed by atoms with E-state index in [1.807, 2.05) is 26.1 Å². The highest BCUT2D eigenvalue weighted by Crippen LogP contribution is 2.20. The van der Waals surface area contributed by atoms with Gasteiger partial charge in [-0.3, -0.25) is 0 Å². The summed E-state index contributed by atoms with van der Waals surface area (Å²) in [5.41, 5.74) is 2.26. The second-order valence-corrected chi connectivity index (χ2v) is 7.11. The van der Waals surface area contributed by atoms with E-state index in [4.69, 9.17) is 0 Å². The van der Waals surface area contributed by atoms with Gasteiger partial charge in [0.05, 0.1) is 4.90 Å². The predicted molar refractivity (Wildman–Crippen MR) is 81.2 cm³/mol. The molecule has 1 aromatic carbocycles. The normalized spacial score (nSPS) is 17.0. The molecule has 2 rings (SSSR count). The molecule has 0 atom stereocenters. The van der Waals surface area contributed by atoms with Crippen LogP contribution < -0.4 is 5.32 Å². The number of rotatable bonds is 5. The molecular weight excluding hydrogens is 272 g/mol. The maximum Gasteiger partial charge on any atom is 0.243 e. The molecule has 110 valence electrons. The molecule has 1 aliphatic rings. The average molecular weight is 294 g/mol. The highest BCUT2D eigenvalue weighted by Gasteiger charge is 2.25. The zero-order valence-corrected chi connectivity index (χ0v) is 12.9. The molecule has 0 spiro atoms.